The summed E-state index contributed by atoms with van der Waals surface area (Å²) >= 11 is 0. The van der Waals surface area contributed by atoms with Gasteiger partial charge in [0.05, 0.1) is 37.5 Å². The van der Waals surface area contributed by atoms with Crippen molar-refractivity contribution in [1.82, 2.24) is 4.90 Å². The standard InChI is InChI=1S/C53H83NO5Si2/c1-12-43(5)49(56-41-44-33-25-22-26-34-44)40-32-21-19-17-16-18-20-31-39-47-50(59-60(13-2,14-3)15-4)48(54(47)51(55)58-52(6,7)8)42-57-61(53(9,10)11,45-35-27-23-28-36-45)46-37-29-24-30-38-46/h21-30,32-38,43,47-50H,12-20,31,39-42H2,1-11H3/b32-21+/t43-,47-,48-,49-,50+/m0/s1. The number of likely N-dealkylation sites (tertiary alicyclic amines) is 1. The van der Waals surface area contributed by atoms with E-state index in [1.165, 1.54) is 35.2 Å². The van der Waals surface area contributed by atoms with E-state index in [2.05, 4.69) is 159 Å². The molecular weight excluding hydrogens is 787 g/mol. The van der Waals surface area contributed by atoms with Gasteiger partial charge in [-0.05, 0) is 91.5 Å². The second-order valence-corrected chi connectivity index (χ2v) is 28.6. The third-order valence-electron chi connectivity index (χ3n) is 13.3. The zero-order valence-electron chi connectivity index (χ0n) is 40.1. The van der Waals surface area contributed by atoms with Crippen LogP contribution in [0.1, 0.15) is 140 Å². The van der Waals surface area contributed by atoms with E-state index in [1.54, 1.807) is 0 Å². The zero-order chi connectivity index (χ0) is 44.5. The quantitative estimate of drug-likeness (QED) is 0.0482. The molecule has 0 aromatic heterocycles. The van der Waals surface area contributed by atoms with Crippen LogP contribution in [0, 0.1) is 5.92 Å². The van der Waals surface area contributed by atoms with Gasteiger partial charge in [0.2, 0.25) is 0 Å². The first-order valence-electron chi connectivity index (χ1n) is 23.9. The summed E-state index contributed by atoms with van der Waals surface area (Å²) in [7, 11) is -4.89. The number of carbonyl (C=O) groups is 1. The van der Waals surface area contributed by atoms with Gasteiger partial charge in [-0.2, -0.15) is 0 Å². The summed E-state index contributed by atoms with van der Waals surface area (Å²) in [6.45, 7) is 25.3. The van der Waals surface area contributed by atoms with Gasteiger partial charge in [0.25, 0.3) is 8.32 Å². The molecule has 4 rings (SSSR count). The predicted molar refractivity (Wildman–Crippen MR) is 262 cm³/mol. The lowest BCUT2D eigenvalue weighted by Crippen LogP contribution is -2.75. The molecule has 61 heavy (non-hydrogen) atoms. The number of hydrogen-bond acceptors (Lipinski definition) is 5. The number of benzene rings is 3. The molecule has 8 heteroatoms. The number of allylic oxidation sites excluding steroid dienone is 1. The van der Waals surface area contributed by atoms with Crippen LogP contribution in [0.15, 0.2) is 103 Å². The van der Waals surface area contributed by atoms with Gasteiger partial charge in [-0.3, -0.25) is 4.90 Å². The average Bonchev–Trinajstić information content (AvgIpc) is 3.24. The van der Waals surface area contributed by atoms with Gasteiger partial charge >= 0.3 is 6.09 Å². The van der Waals surface area contributed by atoms with Crippen LogP contribution >= 0.6 is 0 Å². The van der Waals surface area contributed by atoms with Crippen molar-refractivity contribution in [2.45, 2.75) is 194 Å². The van der Waals surface area contributed by atoms with Crippen molar-refractivity contribution < 1.29 is 23.1 Å². The van der Waals surface area contributed by atoms with Crippen molar-refractivity contribution in [3.05, 3.63) is 109 Å². The number of carbonyl (C=O) groups excluding carboxylic acids is 1. The zero-order valence-corrected chi connectivity index (χ0v) is 42.1. The van der Waals surface area contributed by atoms with E-state index < -0.39 is 22.2 Å². The molecule has 3 aromatic carbocycles. The Morgan fingerprint density at radius 3 is 1.79 bits per heavy atom. The number of ether oxygens (including phenoxy) is 2. The van der Waals surface area contributed by atoms with Crippen LogP contribution in [-0.2, 0) is 24.9 Å². The van der Waals surface area contributed by atoms with Crippen molar-refractivity contribution in [3.63, 3.8) is 0 Å². The van der Waals surface area contributed by atoms with E-state index in [-0.39, 0.29) is 35.4 Å². The van der Waals surface area contributed by atoms with Crippen molar-refractivity contribution in [1.29, 1.82) is 0 Å². The Hall–Kier alpha value is -3.02. The molecular formula is C53H83NO5Si2. The third-order valence-corrected chi connectivity index (χ3v) is 22.9. The second-order valence-electron chi connectivity index (χ2n) is 19.6. The Bertz CT molecular complexity index is 1660. The first-order valence-corrected chi connectivity index (χ1v) is 28.3. The van der Waals surface area contributed by atoms with Gasteiger partial charge in [0.1, 0.15) is 5.60 Å². The highest BCUT2D eigenvalue weighted by atomic mass is 28.4. The fraction of sp³-hybridized carbons (Fsp3) is 0.604. The molecule has 3 aromatic rings. The van der Waals surface area contributed by atoms with E-state index in [0.29, 0.717) is 19.1 Å². The molecule has 0 radical (unpaired) electrons. The molecule has 1 aliphatic heterocycles. The molecule has 0 N–H and O–H groups in total. The molecule has 1 heterocycles. The van der Waals surface area contributed by atoms with Crippen LogP contribution in [-0.4, -0.2) is 64.1 Å². The first kappa shape index (κ1) is 50.6. The predicted octanol–water partition coefficient (Wildman–Crippen LogP) is 13.2. The molecule has 0 aliphatic carbocycles. The maximum absolute atomic E-state index is 14.3. The number of nitrogens with zero attached hydrogens (tertiary/aromatic N) is 1. The van der Waals surface area contributed by atoms with Crippen LogP contribution < -0.4 is 10.4 Å². The molecule has 5 atom stereocenters. The van der Waals surface area contributed by atoms with Gasteiger partial charge < -0.3 is 18.3 Å². The van der Waals surface area contributed by atoms with Crippen LogP contribution in [0.2, 0.25) is 23.2 Å². The number of amides is 1. The van der Waals surface area contributed by atoms with E-state index >= 15 is 0 Å². The highest BCUT2D eigenvalue weighted by Crippen LogP contribution is 2.42. The Balaban J connectivity index is 1.45. The summed E-state index contributed by atoms with van der Waals surface area (Å²) in [5.74, 6) is 0.523. The maximum atomic E-state index is 14.3. The number of rotatable bonds is 25. The molecule has 0 saturated carbocycles. The third kappa shape index (κ3) is 14.0. The fourth-order valence-electron chi connectivity index (χ4n) is 9.20. The van der Waals surface area contributed by atoms with E-state index in [9.17, 15) is 4.79 Å². The van der Waals surface area contributed by atoms with Gasteiger partial charge in [-0.15, -0.1) is 0 Å². The van der Waals surface area contributed by atoms with Crippen molar-refractivity contribution in [2.24, 2.45) is 5.92 Å². The molecule has 1 fully saturated rings. The summed E-state index contributed by atoms with van der Waals surface area (Å²) in [5.41, 5.74) is 0.626. The van der Waals surface area contributed by atoms with Crippen molar-refractivity contribution >= 4 is 33.1 Å². The summed E-state index contributed by atoms with van der Waals surface area (Å²) in [5, 5.41) is 2.30. The second kappa shape index (κ2) is 24.2. The summed E-state index contributed by atoms with van der Waals surface area (Å²) in [4.78, 5) is 16.3. The summed E-state index contributed by atoms with van der Waals surface area (Å²) in [6, 6.07) is 35.0. The van der Waals surface area contributed by atoms with Gasteiger partial charge in [0.15, 0.2) is 8.32 Å². The normalized spacial score (nSPS) is 18.5. The summed E-state index contributed by atoms with van der Waals surface area (Å²) in [6.07, 6.45) is 14.4. The molecule has 6 nitrogen and oxygen atoms in total. The minimum absolute atomic E-state index is 0.0374. The Morgan fingerprint density at radius 1 is 0.721 bits per heavy atom. The van der Waals surface area contributed by atoms with E-state index in [0.717, 1.165) is 56.7 Å². The fourth-order valence-corrected chi connectivity index (χ4v) is 16.7. The highest BCUT2D eigenvalue weighted by molar-refractivity contribution is 6.99. The minimum atomic E-state index is -2.86. The molecule has 0 bridgehead atoms. The molecule has 0 spiro atoms. The monoisotopic (exact) mass is 870 g/mol. The highest BCUT2D eigenvalue weighted by Gasteiger charge is 2.57. The average molecular weight is 870 g/mol. The molecule has 338 valence electrons. The lowest BCUT2D eigenvalue weighted by atomic mass is 9.86. The van der Waals surface area contributed by atoms with Gasteiger partial charge in [0, 0.05) is 0 Å². The lowest BCUT2D eigenvalue weighted by molar-refractivity contribution is -0.122. The van der Waals surface area contributed by atoms with Crippen LogP contribution in [0.3, 0.4) is 0 Å². The minimum Gasteiger partial charge on any atom is -0.444 e. The molecule has 1 saturated heterocycles. The largest absolute Gasteiger partial charge is 0.444 e. The Kier molecular flexibility index (Phi) is 20.0. The summed E-state index contributed by atoms with van der Waals surface area (Å²) < 4.78 is 27.5. The smallest absolute Gasteiger partial charge is 0.411 e. The van der Waals surface area contributed by atoms with Crippen molar-refractivity contribution in [3.8, 4) is 0 Å². The lowest BCUT2D eigenvalue weighted by Gasteiger charge is -2.57. The van der Waals surface area contributed by atoms with E-state index in [4.69, 9.17) is 18.3 Å². The Morgan fingerprint density at radius 2 is 1.26 bits per heavy atom. The van der Waals surface area contributed by atoms with Crippen molar-refractivity contribution in [2.75, 3.05) is 6.61 Å². The van der Waals surface area contributed by atoms with Gasteiger partial charge in [-0.25, -0.2) is 4.79 Å². The van der Waals surface area contributed by atoms with Gasteiger partial charge in [-0.1, -0.05) is 191 Å². The maximum Gasteiger partial charge on any atom is 0.411 e. The molecule has 1 aliphatic rings. The number of unbranched alkanes of at least 4 members (excludes halogenated alkanes) is 5. The molecule has 1 amide bonds. The topological polar surface area (TPSA) is 57.2 Å². The number of hydrogen-bond donors (Lipinski definition) is 0. The van der Waals surface area contributed by atoms with Crippen LogP contribution in [0.25, 0.3) is 0 Å². The van der Waals surface area contributed by atoms with Crippen LogP contribution in [0.5, 0.6) is 0 Å². The Labute approximate surface area is 374 Å². The SMILES string of the molecule is CC[C@H](C)[C@H](C/C=C/CCCCCCC[C@H]1[C@@H](O[Si](CC)(CC)CC)[C@H](CO[Si](c2ccccc2)(c2ccccc2)C(C)(C)C)N1C(=O)OC(C)(C)C)OCc1ccccc1. The van der Waals surface area contributed by atoms with E-state index in [1.807, 2.05) is 25.7 Å². The van der Waals surface area contributed by atoms with Crippen LogP contribution in [0.4, 0.5) is 4.79 Å². The first-order chi connectivity index (χ1) is 29.1. The molecule has 0 unspecified atom stereocenters.